The van der Waals surface area contributed by atoms with E-state index in [2.05, 4.69) is 125 Å². The van der Waals surface area contributed by atoms with Crippen LogP contribution in [0.4, 0.5) is 0 Å². The number of benzene rings is 3. The van der Waals surface area contributed by atoms with Gasteiger partial charge in [0.05, 0.1) is 19.4 Å². The topological polar surface area (TPSA) is 51.8 Å². The van der Waals surface area contributed by atoms with E-state index in [0.717, 1.165) is 62.8 Å². The third-order valence-electron chi connectivity index (χ3n) is 12.9. The van der Waals surface area contributed by atoms with Gasteiger partial charge in [0.1, 0.15) is 0 Å². The van der Waals surface area contributed by atoms with Gasteiger partial charge in [-0.05, 0) is 90.5 Å². The van der Waals surface area contributed by atoms with E-state index in [1.165, 1.54) is 91.6 Å². The fourth-order valence-corrected chi connectivity index (χ4v) is 11.2. The molecule has 2 saturated carbocycles. The number of furan rings is 1. The van der Waals surface area contributed by atoms with Crippen LogP contribution in [0.3, 0.4) is 0 Å². The van der Waals surface area contributed by atoms with E-state index in [4.69, 9.17) is 19.4 Å². The van der Waals surface area contributed by atoms with Gasteiger partial charge in [-0.2, -0.15) is 0 Å². The van der Waals surface area contributed by atoms with E-state index in [1.54, 1.807) is 0 Å². The van der Waals surface area contributed by atoms with Gasteiger partial charge in [0.15, 0.2) is 0 Å². The molecule has 313 valence electrons. The average Bonchev–Trinajstić information content (AvgIpc) is 3.65. The molecular weight excluding hydrogens is 927 g/mol. The van der Waals surface area contributed by atoms with Gasteiger partial charge in [0, 0.05) is 43.4 Å². The van der Waals surface area contributed by atoms with Crippen molar-refractivity contribution in [3.05, 3.63) is 132 Å². The monoisotopic (exact) mass is 988 g/mol. The predicted octanol–water partition coefficient (Wildman–Crippen LogP) is 14.5. The SMILES string of the molecule is CC(C)Cc1cc(-c2[c-]ccc(C3CCCCC3)c2)ncc1[Si](C)(C)C.CC(c1ccnc(-c2[c-]ccc3c2oc2nc(-c4ccccc4)ccc23)c1)C1CCCCC1.[Ir]. The molecular formula is C54H61IrN3OSi-2. The van der Waals surface area contributed by atoms with Gasteiger partial charge < -0.3 is 14.4 Å². The van der Waals surface area contributed by atoms with E-state index in [0.29, 0.717) is 17.5 Å². The Hall–Kier alpha value is -4.22. The molecule has 2 aliphatic carbocycles. The Balaban J connectivity index is 0.000000184. The van der Waals surface area contributed by atoms with Gasteiger partial charge in [-0.15, -0.1) is 53.6 Å². The number of pyridine rings is 3. The molecule has 2 aliphatic rings. The molecule has 1 radical (unpaired) electrons. The van der Waals surface area contributed by atoms with Crippen LogP contribution in [-0.4, -0.2) is 23.0 Å². The molecule has 6 heteroatoms. The summed E-state index contributed by atoms with van der Waals surface area (Å²) in [6, 6.07) is 38.7. The maximum absolute atomic E-state index is 6.33. The number of aromatic nitrogens is 3. The maximum atomic E-state index is 6.33. The summed E-state index contributed by atoms with van der Waals surface area (Å²) in [5.74, 6) is 2.70. The molecule has 7 aromatic rings. The first-order valence-electron chi connectivity index (χ1n) is 22.4. The molecule has 0 aliphatic heterocycles. The summed E-state index contributed by atoms with van der Waals surface area (Å²) in [6.45, 7) is 14.2. The number of rotatable bonds is 9. The van der Waals surface area contributed by atoms with Crippen LogP contribution in [0.15, 0.2) is 108 Å². The molecule has 4 nitrogen and oxygen atoms in total. The van der Waals surface area contributed by atoms with Gasteiger partial charge in [0.2, 0.25) is 5.71 Å². The summed E-state index contributed by atoms with van der Waals surface area (Å²) in [7, 11) is -1.38. The van der Waals surface area contributed by atoms with Crippen molar-refractivity contribution in [2.75, 3.05) is 0 Å². The largest absolute Gasteiger partial charge is 0.486 e. The minimum Gasteiger partial charge on any atom is -0.486 e. The van der Waals surface area contributed by atoms with Crippen molar-refractivity contribution in [3.8, 4) is 33.8 Å². The van der Waals surface area contributed by atoms with Gasteiger partial charge in [-0.3, -0.25) is 0 Å². The average molecular weight is 988 g/mol. The van der Waals surface area contributed by atoms with Crippen LogP contribution in [0.25, 0.3) is 55.8 Å². The summed E-state index contributed by atoms with van der Waals surface area (Å²) in [6.07, 6.45) is 18.8. The normalized spacial score (nSPS) is 15.7. The molecule has 1 atom stereocenters. The van der Waals surface area contributed by atoms with E-state index in [-0.39, 0.29) is 20.1 Å². The zero-order chi connectivity index (χ0) is 40.9. The van der Waals surface area contributed by atoms with E-state index in [9.17, 15) is 0 Å². The first-order chi connectivity index (χ1) is 28.6. The van der Waals surface area contributed by atoms with Gasteiger partial charge in [-0.1, -0.05) is 143 Å². The molecule has 4 heterocycles. The zero-order valence-corrected chi connectivity index (χ0v) is 39.9. The van der Waals surface area contributed by atoms with E-state index in [1.807, 2.05) is 30.5 Å². The Morgan fingerprint density at radius 1 is 0.717 bits per heavy atom. The number of hydrogen-bond acceptors (Lipinski definition) is 4. The number of fused-ring (bicyclic) bond motifs is 3. The number of nitrogens with zero attached hydrogens (tertiary/aromatic N) is 3. The van der Waals surface area contributed by atoms with Crippen LogP contribution in [0.1, 0.15) is 114 Å². The Kier molecular flexibility index (Phi) is 14.4. The Morgan fingerprint density at radius 3 is 2.18 bits per heavy atom. The Morgan fingerprint density at radius 2 is 1.45 bits per heavy atom. The molecule has 0 N–H and O–H groups in total. The second kappa shape index (κ2) is 19.7. The minimum absolute atomic E-state index is 0. The molecule has 0 spiro atoms. The first-order valence-corrected chi connectivity index (χ1v) is 25.9. The van der Waals surface area contributed by atoms with Crippen molar-refractivity contribution in [1.82, 2.24) is 15.0 Å². The van der Waals surface area contributed by atoms with Gasteiger partial charge in [0.25, 0.3) is 0 Å². The molecule has 0 bridgehead atoms. The smallest absolute Gasteiger partial charge is 0.216 e. The van der Waals surface area contributed by atoms with Gasteiger partial charge in [-0.25, -0.2) is 4.98 Å². The third kappa shape index (κ3) is 10.1. The zero-order valence-electron chi connectivity index (χ0n) is 36.5. The summed E-state index contributed by atoms with van der Waals surface area (Å²) < 4.78 is 6.33. The second-order valence-electron chi connectivity index (χ2n) is 18.7. The van der Waals surface area contributed by atoms with Crippen LogP contribution in [-0.2, 0) is 26.5 Å². The molecule has 9 rings (SSSR count). The van der Waals surface area contributed by atoms with Crippen molar-refractivity contribution in [2.45, 2.75) is 123 Å². The second-order valence-corrected chi connectivity index (χ2v) is 23.8. The standard InChI is InChI=1S/C30H27N2O.C24H34NSi.Ir/c1-20(21-9-4-2-5-10-21)23-17-18-31-28(19-23)26-14-8-13-24-25-15-16-27(22-11-6-3-7-12-22)32-30(25)33-29(24)26;1-18(2)14-22-16-23(25-17-24(22)26(3,4)5)21-13-9-12-20(15-21)19-10-7-6-8-11-19;/h3,6-8,11-13,15-21H,2,4-5,9-10H2,1H3;9,12,15-19H,6-8,10-11,14H2,1-5H3;/q2*-1;. The van der Waals surface area contributed by atoms with E-state index >= 15 is 0 Å². The third-order valence-corrected chi connectivity index (χ3v) is 15.0. The molecule has 0 amide bonds. The molecule has 2 fully saturated rings. The van der Waals surface area contributed by atoms with Crippen LogP contribution in [0.5, 0.6) is 0 Å². The van der Waals surface area contributed by atoms with Crippen molar-refractivity contribution >= 4 is 35.3 Å². The van der Waals surface area contributed by atoms with Crippen LogP contribution in [0.2, 0.25) is 19.6 Å². The van der Waals surface area contributed by atoms with Crippen LogP contribution < -0.4 is 5.19 Å². The number of hydrogen-bond donors (Lipinski definition) is 0. The maximum Gasteiger partial charge on any atom is 0.216 e. The fraction of sp³-hybridized carbons (Fsp3) is 0.389. The summed E-state index contributed by atoms with van der Waals surface area (Å²) in [5, 5.41) is 3.59. The Bertz CT molecular complexity index is 2490. The molecule has 1 unspecified atom stereocenters. The van der Waals surface area contributed by atoms with Gasteiger partial charge >= 0.3 is 0 Å². The summed E-state index contributed by atoms with van der Waals surface area (Å²) in [5.41, 5.74) is 11.9. The predicted molar refractivity (Wildman–Crippen MR) is 250 cm³/mol. The van der Waals surface area contributed by atoms with Crippen molar-refractivity contribution in [3.63, 3.8) is 0 Å². The van der Waals surface area contributed by atoms with Crippen molar-refractivity contribution < 1.29 is 24.5 Å². The summed E-state index contributed by atoms with van der Waals surface area (Å²) in [4.78, 5) is 14.4. The van der Waals surface area contributed by atoms with Crippen molar-refractivity contribution in [2.24, 2.45) is 11.8 Å². The quantitative estimate of drug-likeness (QED) is 0.107. The Labute approximate surface area is 373 Å². The van der Waals surface area contributed by atoms with E-state index < -0.39 is 8.07 Å². The molecule has 4 aromatic heterocycles. The minimum atomic E-state index is -1.38. The molecule has 0 saturated heterocycles. The molecule has 60 heavy (non-hydrogen) atoms. The fourth-order valence-electron chi connectivity index (χ4n) is 9.61. The summed E-state index contributed by atoms with van der Waals surface area (Å²) >= 11 is 0. The first kappa shape index (κ1) is 43.9. The molecule has 3 aromatic carbocycles. The van der Waals surface area contributed by atoms with Crippen LogP contribution in [0, 0.1) is 24.0 Å². The van der Waals surface area contributed by atoms with Crippen LogP contribution >= 0.6 is 0 Å². The van der Waals surface area contributed by atoms with Crippen molar-refractivity contribution in [1.29, 1.82) is 0 Å².